The average molecular weight is 482 g/mol. The van der Waals surface area contributed by atoms with Crippen LogP contribution in [0, 0.1) is 11.3 Å². The maximum absolute atomic E-state index is 9.25. The molecule has 0 atom stereocenters. The Hall–Kier alpha value is -5.19. The molecule has 0 unspecified atom stereocenters. The molecule has 176 valence electrons. The fourth-order valence-electron chi connectivity index (χ4n) is 5.83. The smallest absolute Gasteiger partial charge is 0.0991 e. The quantitative estimate of drug-likeness (QED) is 0.230. The van der Waals surface area contributed by atoms with E-state index in [2.05, 4.69) is 121 Å². The van der Waals surface area contributed by atoms with E-state index in [0.29, 0.717) is 5.56 Å². The second kappa shape index (κ2) is 9.04. The van der Waals surface area contributed by atoms with E-state index in [0.717, 1.165) is 5.56 Å². The van der Waals surface area contributed by atoms with Gasteiger partial charge in [0.05, 0.1) is 11.6 Å². The number of nitriles is 1. The molecule has 1 nitrogen and oxygen atoms in total. The van der Waals surface area contributed by atoms with Crippen molar-refractivity contribution in [2.45, 2.75) is 0 Å². The van der Waals surface area contributed by atoms with E-state index in [1.165, 1.54) is 60.1 Å². The van der Waals surface area contributed by atoms with Crippen molar-refractivity contribution in [3.05, 3.63) is 145 Å². The van der Waals surface area contributed by atoms with Crippen LogP contribution in [-0.2, 0) is 0 Å². The molecule has 7 aromatic carbocycles. The zero-order valence-corrected chi connectivity index (χ0v) is 20.7. The molecule has 0 saturated heterocycles. The standard InChI is InChI=1S/C37H23N/c38-24-25-18-20-26(21-19-25)28-22-23-35(30-13-5-4-12-29(28)30)37-33-16-8-6-14-31(33)36(27-10-2-1-3-11-27)32-15-7-9-17-34(32)37/h1-23H. The Kier molecular flexibility index (Phi) is 5.24. The highest BCUT2D eigenvalue weighted by Gasteiger charge is 2.18. The Balaban J connectivity index is 1.58. The van der Waals surface area contributed by atoms with Crippen LogP contribution >= 0.6 is 0 Å². The number of fused-ring (bicyclic) bond motifs is 3. The summed E-state index contributed by atoms with van der Waals surface area (Å²) in [6, 6.07) is 51.5. The van der Waals surface area contributed by atoms with E-state index in [1.807, 2.05) is 24.3 Å². The van der Waals surface area contributed by atoms with Gasteiger partial charge in [-0.25, -0.2) is 0 Å². The first-order valence-electron chi connectivity index (χ1n) is 12.8. The predicted octanol–water partition coefficient (Wildman–Crippen LogP) is 10.0. The lowest BCUT2D eigenvalue weighted by Crippen LogP contribution is -1.92. The largest absolute Gasteiger partial charge is 0.192 e. The molecular formula is C37H23N. The highest BCUT2D eigenvalue weighted by Crippen LogP contribution is 2.46. The van der Waals surface area contributed by atoms with Crippen molar-refractivity contribution in [1.82, 2.24) is 0 Å². The van der Waals surface area contributed by atoms with Crippen LogP contribution in [-0.4, -0.2) is 0 Å². The van der Waals surface area contributed by atoms with Crippen LogP contribution in [0.4, 0.5) is 0 Å². The predicted molar refractivity (Wildman–Crippen MR) is 160 cm³/mol. The number of nitrogens with zero attached hydrogens (tertiary/aromatic N) is 1. The molecule has 0 aromatic heterocycles. The molecule has 0 bridgehead atoms. The number of rotatable bonds is 3. The Labute approximate surface area is 221 Å². The van der Waals surface area contributed by atoms with Crippen LogP contribution in [0.2, 0.25) is 0 Å². The molecular weight excluding hydrogens is 458 g/mol. The van der Waals surface area contributed by atoms with Crippen LogP contribution < -0.4 is 0 Å². The second-order valence-electron chi connectivity index (χ2n) is 9.60. The maximum Gasteiger partial charge on any atom is 0.0991 e. The Bertz CT molecular complexity index is 1950. The zero-order chi connectivity index (χ0) is 25.5. The van der Waals surface area contributed by atoms with E-state index in [-0.39, 0.29) is 0 Å². The minimum atomic E-state index is 0.672. The highest BCUT2D eigenvalue weighted by atomic mass is 14.2. The van der Waals surface area contributed by atoms with Gasteiger partial charge in [0.2, 0.25) is 0 Å². The van der Waals surface area contributed by atoms with Crippen molar-refractivity contribution in [1.29, 1.82) is 5.26 Å². The molecule has 0 heterocycles. The second-order valence-corrected chi connectivity index (χ2v) is 9.60. The van der Waals surface area contributed by atoms with Gasteiger partial charge in [0.1, 0.15) is 0 Å². The van der Waals surface area contributed by atoms with E-state index < -0.39 is 0 Å². The third-order valence-corrected chi connectivity index (χ3v) is 7.51. The van der Waals surface area contributed by atoms with Crippen LogP contribution in [0.1, 0.15) is 5.56 Å². The molecule has 0 aliphatic rings. The van der Waals surface area contributed by atoms with Gasteiger partial charge in [0, 0.05) is 0 Å². The van der Waals surface area contributed by atoms with Gasteiger partial charge >= 0.3 is 0 Å². The van der Waals surface area contributed by atoms with Crippen molar-refractivity contribution in [2.24, 2.45) is 0 Å². The number of benzene rings is 7. The molecule has 0 aliphatic carbocycles. The Morgan fingerprint density at radius 1 is 0.342 bits per heavy atom. The van der Waals surface area contributed by atoms with Crippen molar-refractivity contribution >= 4 is 32.3 Å². The topological polar surface area (TPSA) is 23.8 Å². The van der Waals surface area contributed by atoms with Gasteiger partial charge in [-0.2, -0.15) is 5.26 Å². The molecule has 7 aromatic rings. The van der Waals surface area contributed by atoms with Crippen molar-refractivity contribution in [3.8, 4) is 39.4 Å². The lowest BCUT2D eigenvalue weighted by Gasteiger charge is -2.19. The summed E-state index contributed by atoms with van der Waals surface area (Å²) >= 11 is 0. The monoisotopic (exact) mass is 481 g/mol. The van der Waals surface area contributed by atoms with E-state index in [1.54, 1.807) is 0 Å². The minimum absolute atomic E-state index is 0.672. The molecule has 0 aliphatic heterocycles. The third kappa shape index (κ3) is 3.47. The third-order valence-electron chi connectivity index (χ3n) is 7.51. The SMILES string of the molecule is N#Cc1ccc(-c2ccc(-c3c4ccccc4c(-c4ccccc4)c4ccccc34)c3ccccc23)cc1. The Morgan fingerprint density at radius 3 is 1.34 bits per heavy atom. The molecule has 0 saturated carbocycles. The van der Waals surface area contributed by atoms with E-state index in [9.17, 15) is 5.26 Å². The molecule has 0 N–H and O–H groups in total. The summed E-state index contributed by atoms with van der Waals surface area (Å²) in [6.45, 7) is 0. The van der Waals surface area contributed by atoms with Crippen LogP contribution in [0.15, 0.2) is 140 Å². The fraction of sp³-hybridized carbons (Fsp3) is 0. The summed E-state index contributed by atoms with van der Waals surface area (Å²) in [5.74, 6) is 0. The summed E-state index contributed by atoms with van der Waals surface area (Å²) in [6.07, 6.45) is 0. The van der Waals surface area contributed by atoms with Crippen LogP contribution in [0.25, 0.3) is 65.7 Å². The van der Waals surface area contributed by atoms with Crippen LogP contribution in [0.5, 0.6) is 0 Å². The van der Waals surface area contributed by atoms with Gasteiger partial charge in [-0.05, 0) is 77.8 Å². The van der Waals surface area contributed by atoms with Gasteiger partial charge < -0.3 is 0 Å². The molecule has 0 amide bonds. The lowest BCUT2D eigenvalue weighted by molar-refractivity contribution is 1.48. The van der Waals surface area contributed by atoms with Crippen molar-refractivity contribution in [3.63, 3.8) is 0 Å². The summed E-state index contributed by atoms with van der Waals surface area (Å²) in [7, 11) is 0. The van der Waals surface area contributed by atoms with Gasteiger partial charge in [0.15, 0.2) is 0 Å². The first kappa shape index (κ1) is 22.0. The fourth-order valence-corrected chi connectivity index (χ4v) is 5.83. The number of hydrogen-bond acceptors (Lipinski definition) is 1. The van der Waals surface area contributed by atoms with E-state index >= 15 is 0 Å². The van der Waals surface area contributed by atoms with Gasteiger partial charge in [-0.3, -0.25) is 0 Å². The molecule has 38 heavy (non-hydrogen) atoms. The van der Waals surface area contributed by atoms with Gasteiger partial charge in [-0.1, -0.05) is 127 Å². The summed E-state index contributed by atoms with van der Waals surface area (Å²) in [4.78, 5) is 0. The van der Waals surface area contributed by atoms with Gasteiger partial charge in [-0.15, -0.1) is 0 Å². The summed E-state index contributed by atoms with van der Waals surface area (Å²) < 4.78 is 0. The van der Waals surface area contributed by atoms with Crippen LogP contribution in [0.3, 0.4) is 0 Å². The van der Waals surface area contributed by atoms with Gasteiger partial charge in [0.25, 0.3) is 0 Å². The molecule has 0 radical (unpaired) electrons. The van der Waals surface area contributed by atoms with Crippen molar-refractivity contribution in [2.75, 3.05) is 0 Å². The number of hydrogen-bond donors (Lipinski definition) is 0. The molecule has 0 spiro atoms. The Morgan fingerprint density at radius 2 is 0.789 bits per heavy atom. The average Bonchev–Trinajstić information content (AvgIpc) is 3.00. The lowest BCUT2D eigenvalue weighted by atomic mass is 9.84. The summed E-state index contributed by atoms with van der Waals surface area (Å²) in [5, 5.41) is 16.7. The normalized spacial score (nSPS) is 11.1. The summed E-state index contributed by atoms with van der Waals surface area (Å²) in [5.41, 5.74) is 7.95. The first-order chi connectivity index (χ1) is 18.8. The molecule has 7 rings (SSSR count). The maximum atomic E-state index is 9.25. The molecule has 0 fully saturated rings. The zero-order valence-electron chi connectivity index (χ0n) is 20.7. The first-order valence-corrected chi connectivity index (χ1v) is 12.8. The minimum Gasteiger partial charge on any atom is -0.192 e. The van der Waals surface area contributed by atoms with E-state index in [4.69, 9.17) is 0 Å². The molecule has 1 heteroatoms. The highest BCUT2D eigenvalue weighted by molar-refractivity contribution is 6.24. The van der Waals surface area contributed by atoms with Crippen molar-refractivity contribution < 1.29 is 0 Å².